The van der Waals surface area contributed by atoms with Gasteiger partial charge in [0, 0.05) is 15.7 Å². The molecule has 3 N–H and O–H groups in total. The van der Waals surface area contributed by atoms with E-state index in [-0.39, 0.29) is 17.9 Å². The lowest BCUT2D eigenvalue weighted by atomic mass is 9.86. The number of nitrogens with one attached hydrogen (secondary N) is 1. The molecule has 1 heterocycles. The van der Waals surface area contributed by atoms with Gasteiger partial charge >= 0.3 is 6.09 Å². The maximum absolute atomic E-state index is 12.2. The molecule has 8 heteroatoms. The van der Waals surface area contributed by atoms with E-state index < -0.39 is 6.09 Å². The minimum Gasteiger partial charge on any atom is -0.446 e. The van der Waals surface area contributed by atoms with Crippen LogP contribution in [0.2, 0.25) is 5.02 Å². The van der Waals surface area contributed by atoms with E-state index in [4.69, 9.17) is 22.1 Å². The van der Waals surface area contributed by atoms with Crippen molar-refractivity contribution in [1.82, 2.24) is 4.98 Å². The molecule has 1 aromatic rings. The minimum absolute atomic E-state index is 0.126. The summed E-state index contributed by atoms with van der Waals surface area (Å²) in [6.07, 6.45) is 3.22. The molecule has 1 fully saturated rings. The molecule has 1 saturated carbocycles. The van der Waals surface area contributed by atoms with Crippen LogP contribution < -0.4 is 11.1 Å². The number of pyridine rings is 1. The molecule has 0 aliphatic heterocycles. The van der Waals surface area contributed by atoms with Crippen LogP contribution in [0.1, 0.15) is 25.7 Å². The Hall–Kier alpha value is -1.09. The second kappa shape index (κ2) is 7.26. The zero-order valence-electron chi connectivity index (χ0n) is 11.1. The molecule has 6 nitrogen and oxygen atoms in total. The Kier molecular flexibility index (Phi) is 5.63. The predicted molar refractivity (Wildman–Crippen MR) is 87.0 cm³/mol. The molecule has 0 aromatic carbocycles. The van der Waals surface area contributed by atoms with Gasteiger partial charge < -0.3 is 15.8 Å². The molecule has 0 saturated heterocycles. The van der Waals surface area contributed by atoms with Crippen LogP contribution in [0.5, 0.6) is 0 Å². The fourth-order valence-corrected chi connectivity index (χ4v) is 2.90. The van der Waals surface area contributed by atoms with Crippen LogP contribution in [-0.4, -0.2) is 23.1 Å². The first-order chi connectivity index (χ1) is 9.95. The van der Waals surface area contributed by atoms with Crippen molar-refractivity contribution in [3.05, 3.63) is 20.9 Å². The predicted octanol–water partition coefficient (Wildman–Crippen LogP) is 2.93. The Morgan fingerprint density at radius 2 is 2.24 bits per heavy atom. The molecule has 0 radical (unpaired) electrons. The van der Waals surface area contributed by atoms with Gasteiger partial charge in [-0.1, -0.05) is 11.6 Å². The van der Waals surface area contributed by atoms with Crippen LogP contribution in [-0.2, 0) is 9.53 Å². The molecule has 1 aliphatic carbocycles. The van der Waals surface area contributed by atoms with E-state index in [0.717, 1.165) is 22.8 Å². The number of halogens is 2. The highest BCUT2D eigenvalue weighted by atomic mass is 127. The molecule has 2 rings (SSSR count). The molecule has 114 valence electrons. The number of nitrogens with two attached hydrogens (primary N) is 1. The average Bonchev–Trinajstić information content (AvgIpc) is 2.42. The molecular weight excluding hydrogens is 409 g/mol. The molecular formula is C13H15ClIN3O3. The van der Waals surface area contributed by atoms with E-state index in [1.165, 1.54) is 6.20 Å². The highest BCUT2D eigenvalue weighted by Crippen LogP contribution is 2.28. The van der Waals surface area contributed by atoms with Crippen molar-refractivity contribution >= 4 is 52.0 Å². The molecule has 0 spiro atoms. The number of primary amides is 1. The SMILES string of the molecule is NC(=O)OC1CCCC(C(=O)Nc2cc(I)c(Cl)cn2)C1. The third-order valence-electron chi connectivity index (χ3n) is 3.34. The Bertz CT molecular complexity index is 555. The second-order valence-electron chi connectivity index (χ2n) is 4.90. The number of carbonyl (C=O) groups is 2. The van der Waals surface area contributed by atoms with E-state index >= 15 is 0 Å². The largest absolute Gasteiger partial charge is 0.446 e. The smallest absolute Gasteiger partial charge is 0.404 e. The number of ether oxygens (including phenoxy) is 1. The van der Waals surface area contributed by atoms with Crippen molar-refractivity contribution in [2.24, 2.45) is 11.7 Å². The van der Waals surface area contributed by atoms with E-state index in [9.17, 15) is 9.59 Å². The first kappa shape index (κ1) is 16.3. The third-order valence-corrected chi connectivity index (χ3v) is 4.85. The number of rotatable bonds is 3. The first-order valence-electron chi connectivity index (χ1n) is 6.53. The summed E-state index contributed by atoms with van der Waals surface area (Å²) in [5.74, 6) is 0.128. The highest BCUT2D eigenvalue weighted by Gasteiger charge is 2.29. The van der Waals surface area contributed by atoms with E-state index in [2.05, 4.69) is 32.9 Å². The van der Waals surface area contributed by atoms with E-state index in [1.54, 1.807) is 6.07 Å². The third kappa shape index (κ3) is 4.70. The van der Waals surface area contributed by atoms with Crippen LogP contribution in [0.3, 0.4) is 0 Å². The van der Waals surface area contributed by atoms with Gasteiger partial charge in [0.25, 0.3) is 0 Å². The zero-order valence-corrected chi connectivity index (χ0v) is 14.1. The topological polar surface area (TPSA) is 94.3 Å². The number of hydrogen-bond donors (Lipinski definition) is 2. The Morgan fingerprint density at radius 3 is 2.90 bits per heavy atom. The summed E-state index contributed by atoms with van der Waals surface area (Å²) in [4.78, 5) is 27.1. The Morgan fingerprint density at radius 1 is 1.48 bits per heavy atom. The average molecular weight is 424 g/mol. The fourth-order valence-electron chi connectivity index (χ4n) is 2.37. The molecule has 2 atom stereocenters. The Balaban J connectivity index is 1.96. The van der Waals surface area contributed by atoms with Gasteiger partial charge in [0.1, 0.15) is 11.9 Å². The molecule has 2 amide bonds. The van der Waals surface area contributed by atoms with E-state index in [0.29, 0.717) is 17.3 Å². The van der Waals surface area contributed by atoms with Crippen molar-refractivity contribution in [3.63, 3.8) is 0 Å². The molecule has 2 unspecified atom stereocenters. The van der Waals surface area contributed by atoms with Gasteiger partial charge in [-0.2, -0.15) is 0 Å². The maximum atomic E-state index is 12.2. The summed E-state index contributed by atoms with van der Waals surface area (Å²) in [7, 11) is 0. The van der Waals surface area contributed by atoms with E-state index in [1.807, 2.05) is 0 Å². The monoisotopic (exact) mass is 423 g/mol. The standard InChI is InChI=1S/C13H15ClIN3O3/c14-9-6-17-11(5-10(9)15)18-12(19)7-2-1-3-8(4-7)21-13(16)20/h5-8H,1-4H2,(H2,16,20)(H,17,18,19). The lowest BCUT2D eigenvalue weighted by Crippen LogP contribution is -2.33. The quantitative estimate of drug-likeness (QED) is 0.731. The van der Waals surface area contributed by atoms with Gasteiger partial charge in [0.2, 0.25) is 5.91 Å². The molecule has 1 aliphatic rings. The number of aromatic nitrogens is 1. The number of carbonyl (C=O) groups excluding carboxylic acids is 2. The molecule has 1 aromatic heterocycles. The minimum atomic E-state index is -0.796. The summed E-state index contributed by atoms with van der Waals surface area (Å²) in [5.41, 5.74) is 5.01. The lowest BCUT2D eigenvalue weighted by molar-refractivity contribution is -0.122. The summed E-state index contributed by atoms with van der Waals surface area (Å²) >= 11 is 7.96. The van der Waals surface area contributed by atoms with Crippen molar-refractivity contribution in [3.8, 4) is 0 Å². The van der Waals surface area contributed by atoms with Gasteiger partial charge in [-0.25, -0.2) is 9.78 Å². The summed E-state index contributed by atoms with van der Waals surface area (Å²) in [6, 6.07) is 1.71. The van der Waals surface area contributed by atoms with Crippen molar-refractivity contribution in [1.29, 1.82) is 0 Å². The highest BCUT2D eigenvalue weighted by molar-refractivity contribution is 14.1. The van der Waals surface area contributed by atoms with Crippen LogP contribution >= 0.6 is 34.2 Å². The van der Waals surface area contributed by atoms with Gasteiger partial charge in [-0.3, -0.25) is 4.79 Å². The van der Waals surface area contributed by atoms with Crippen LogP contribution in [0, 0.1) is 9.49 Å². The first-order valence-corrected chi connectivity index (χ1v) is 7.99. The lowest BCUT2D eigenvalue weighted by Gasteiger charge is -2.27. The fraction of sp³-hybridized carbons (Fsp3) is 0.462. The van der Waals surface area contributed by atoms with Gasteiger partial charge in [-0.05, 0) is 54.3 Å². The van der Waals surface area contributed by atoms with Gasteiger partial charge in [0.05, 0.1) is 5.02 Å². The number of amides is 2. The van der Waals surface area contributed by atoms with Crippen molar-refractivity contribution in [2.45, 2.75) is 31.8 Å². The van der Waals surface area contributed by atoms with Crippen LogP contribution in [0.4, 0.5) is 10.6 Å². The molecule has 0 bridgehead atoms. The summed E-state index contributed by atoms with van der Waals surface area (Å²) in [5, 5.41) is 3.31. The summed E-state index contributed by atoms with van der Waals surface area (Å²) in [6.45, 7) is 0. The van der Waals surface area contributed by atoms with Crippen molar-refractivity contribution in [2.75, 3.05) is 5.32 Å². The van der Waals surface area contributed by atoms with Gasteiger partial charge in [-0.15, -0.1) is 0 Å². The Labute approximate surface area is 140 Å². The number of anilines is 1. The molecule has 21 heavy (non-hydrogen) atoms. The van der Waals surface area contributed by atoms with Gasteiger partial charge in [0.15, 0.2) is 0 Å². The number of nitrogens with zero attached hydrogens (tertiary/aromatic N) is 1. The van der Waals surface area contributed by atoms with Crippen LogP contribution in [0.15, 0.2) is 12.3 Å². The summed E-state index contributed by atoms with van der Waals surface area (Å²) < 4.78 is 5.80. The zero-order chi connectivity index (χ0) is 15.4. The number of hydrogen-bond acceptors (Lipinski definition) is 4. The van der Waals surface area contributed by atoms with Crippen molar-refractivity contribution < 1.29 is 14.3 Å². The maximum Gasteiger partial charge on any atom is 0.404 e. The van der Waals surface area contributed by atoms with Crippen LogP contribution in [0.25, 0.3) is 0 Å². The second-order valence-corrected chi connectivity index (χ2v) is 6.46. The normalized spacial score (nSPS) is 21.6.